The lowest BCUT2D eigenvalue weighted by Gasteiger charge is -2.32. The number of aromatic amines is 1. The highest BCUT2D eigenvalue weighted by molar-refractivity contribution is 5.80. The van der Waals surface area contributed by atoms with Crippen LogP contribution in [-0.4, -0.2) is 55.8 Å². The number of nitrogens with one attached hydrogen (secondary N) is 1. The van der Waals surface area contributed by atoms with Gasteiger partial charge in [0.25, 0.3) is 5.56 Å². The molecule has 1 N–H and O–H groups in total. The number of hydrogen-bond acceptors (Lipinski definition) is 7. The Morgan fingerprint density at radius 1 is 1.02 bits per heavy atom. The average Bonchev–Trinajstić information content (AvgIpc) is 3.63. The van der Waals surface area contributed by atoms with Gasteiger partial charge < -0.3 is 9.47 Å². The summed E-state index contributed by atoms with van der Waals surface area (Å²) < 4.78 is 14.9. The number of hydrogen-bond donors (Lipinski definition) is 1. The first-order valence-electron chi connectivity index (χ1n) is 15.0. The SMILES string of the molecule is CCCCCc1c(Cc2ccc(-c3ccccc3-c3nn[nH]n3)cc2)c(=O)n2n1C(C)CCC2COCC(=O)OCC. The number of tetrazole rings is 1. The Labute approximate surface area is 246 Å². The molecule has 2 atom stereocenters. The third-order valence-electron chi connectivity index (χ3n) is 8.02. The third kappa shape index (κ3) is 6.38. The van der Waals surface area contributed by atoms with Gasteiger partial charge in [0.05, 0.1) is 19.3 Å². The Bertz CT molecular complexity index is 1520. The molecular weight excluding hydrogens is 532 g/mol. The molecule has 1 aliphatic rings. The molecule has 2 aromatic heterocycles. The predicted molar refractivity (Wildman–Crippen MR) is 160 cm³/mol. The Balaban J connectivity index is 1.43. The van der Waals surface area contributed by atoms with Crippen LogP contribution in [0.3, 0.4) is 0 Å². The number of carbonyl (C=O) groups excluding carboxylic acids is 1. The molecule has 3 heterocycles. The summed E-state index contributed by atoms with van der Waals surface area (Å²) in [7, 11) is 0. The van der Waals surface area contributed by atoms with Crippen LogP contribution in [0.2, 0.25) is 0 Å². The summed E-state index contributed by atoms with van der Waals surface area (Å²) in [6, 6.07) is 16.5. The molecule has 0 fully saturated rings. The number of nitrogens with zero attached hydrogens (tertiary/aromatic N) is 5. The molecule has 2 aromatic carbocycles. The largest absolute Gasteiger partial charge is 0.464 e. The van der Waals surface area contributed by atoms with Gasteiger partial charge in [0.2, 0.25) is 5.82 Å². The van der Waals surface area contributed by atoms with Crippen LogP contribution in [0.1, 0.15) is 81.8 Å². The molecule has 0 saturated heterocycles. The summed E-state index contributed by atoms with van der Waals surface area (Å²) in [5.74, 6) is 0.169. The predicted octanol–water partition coefficient (Wildman–Crippen LogP) is 5.30. The Kier molecular flexibility index (Phi) is 9.63. The summed E-state index contributed by atoms with van der Waals surface area (Å²) in [4.78, 5) is 25.9. The lowest BCUT2D eigenvalue weighted by molar-refractivity contribution is -0.149. The summed E-state index contributed by atoms with van der Waals surface area (Å²) in [6.45, 7) is 6.68. The normalized spacial score (nSPS) is 16.4. The van der Waals surface area contributed by atoms with Crippen LogP contribution in [0.25, 0.3) is 22.5 Å². The van der Waals surface area contributed by atoms with Crippen molar-refractivity contribution in [3.8, 4) is 22.5 Å². The van der Waals surface area contributed by atoms with Gasteiger partial charge in [0.15, 0.2) is 0 Å². The third-order valence-corrected chi connectivity index (χ3v) is 8.02. The number of rotatable bonds is 13. The maximum Gasteiger partial charge on any atom is 0.332 e. The van der Waals surface area contributed by atoms with E-state index >= 15 is 0 Å². The minimum Gasteiger partial charge on any atom is -0.464 e. The first-order chi connectivity index (χ1) is 20.5. The Morgan fingerprint density at radius 2 is 1.81 bits per heavy atom. The quantitative estimate of drug-likeness (QED) is 0.171. The summed E-state index contributed by atoms with van der Waals surface area (Å²) in [6.07, 6.45) is 6.48. The molecule has 0 spiro atoms. The van der Waals surface area contributed by atoms with Gasteiger partial charge in [-0.05, 0) is 61.4 Å². The van der Waals surface area contributed by atoms with Crippen LogP contribution >= 0.6 is 0 Å². The van der Waals surface area contributed by atoms with Crippen molar-refractivity contribution in [1.29, 1.82) is 0 Å². The van der Waals surface area contributed by atoms with Gasteiger partial charge in [-0.1, -0.05) is 68.3 Å². The molecule has 0 saturated carbocycles. The maximum absolute atomic E-state index is 14.1. The van der Waals surface area contributed by atoms with E-state index in [0.717, 1.165) is 72.0 Å². The summed E-state index contributed by atoms with van der Waals surface area (Å²) >= 11 is 0. The van der Waals surface area contributed by atoms with E-state index in [2.05, 4.69) is 63.4 Å². The highest BCUT2D eigenvalue weighted by atomic mass is 16.6. The highest BCUT2D eigenvalue weighted by Gasteiger charge is 2.31. The monoisotopic (exact) mass is 572 g/mol. The van der Waals surface area contributed by atoms with Gasteiger partial charge in [0, 0.05) is 29.3 Å². The number of benzene rings is 2. The van der Waals surface area contributed by atoms with Gasteiger partial charge in [-0.15, -0.1) is 10.2 Å². The number of ether oxygens (including phenoxy) is 2. The van der Waals surface area contributed by atoms with Gasteiger partial charge in [0.1, 0.15) is 6.61 Å². The molecule has 0 bridgehead atoms. The van der Waals surface area contributed by atoms with Crippen LogP contribution in [0.15, 0.2) is 53.3 Å². The summed E-state index contributed by atoms with van der Waals surface area (Å²) in [5, 5.41) is 14.6. The number of fused-ring (bicyclic) bond motifs is 1. The minimum absolute atomic E-state index is 0.0457. The first-order valence-corrected chi connectivity index (χ1v) is 15.0. The van der Waals surface area contributed by atoms with E-state index in [1.54, 1.807) is 6.92 Å². The van der Waals surface area contributed by atoms with Crippen LogP contribution in [0, 0.1) is 0 Å². The van der Waals surface area contributed by atoms with E-state index in [4.69, 9.17) is 9.47 Å². The molecule has 4 aromatic rings. The van der Waals surface area contributed by atoms with Crippen molar-refractivity contribution in [1.82, 2.24) is 30.0 Å². The van der Waals surface area contributed by atoms with Crippen LogP contribution in [0.5, 0.6) is 0 Å². The highest BCUT2D eigenvalue weighted by Crippen LogP contribution is 2.33. The molecular formula is C32H40N6O4. The molecule has 0 amide bonds. The van der Waals surface area contributed by atoms with Crippen LogP contribution in [-0.2, 0) is 27.1 Å². The number of H-pyrrole nitrogens is 1. The fourth-order valence-corrected chi connectivity index (χ4v) is 5.96. The molecule has 222 valence electrons. The fraction of sp³-hybridized carbons (Fsp3) is 0.469. The van der Waals surface area contributed by atoms with Crippen molar-refractivity contribution in [2.75, 3.05) is 19.8 Å². The number of carbonyl (C=O) groups is 1. The van der Waals surface area contributed by atoms with Crippen molar-refractivity contribution in [2.45, 2.75) is 77.8 Å². The molecule has 10 nitrogen and oxygen atoms in total. The molecule has 1 aliphatic heterocycles. The molecule has 10 heteroatoms. The van der Waals surface area contributed by atoms with E-state index < -0.39 is 0 Å². The van der Waals surface area contributed by atoms with Gasteiger partial charge in [-0.3, -0.25) is 9.48 Å². The van der Waals surface area contributed by atoms with Crippen LogP contribution < -0.4 is 5.56 Å². The smallest absolute Gasteiger partial charge is 0.332 e. The molecule has 42 heavy (non-hydrogen) atoms. The molecule has 0 radical (unpaired) electrons. The number of aromatic nitrogens is 6. The van der Waals surface area contributed by atoms with Crippen molar-refractivity contribution in [3.05, 3.63) is 75.7 Å². The second-order valence-corrected chi connectivity index (χ2v) is 10.9. The lowest BCUT2D eigenvalue weighted by Crippen LogP contribution is -2.37. The number of unbranched alkanes of at least 4 members (excludes halogenated alkanes) is 2. The zero-order valence-electron chi connectivity index (χ0n) is 24.7. The summed E-state index contributed by atoms with van der Waals surface area (Å²) in [5.41, 5.74) is 6.08. The second-order valence-electron chi connectivity index (χ2n) is 10.9. The molecule has 5 rings (SSSR count). The van der Waals surface area contributed by atoms with Crippen molar-refractivity contribution in [3.63, 3.8) is 0 Å². The Hall–Kier alpha value is -4.05. The Morgan fingerprint density at radius 3 is 2.52 bits per heavy atom. The van der Waals surface area contributed by atoms with Gasteiger partial charge in [-0.2, -0.15) is 5.21 Å². The van der Waals surface area contributed by atoms with E-state index in [1.807, 2.05) is 28.9 Å². The van der Waals surface area contributed by atoms with E-state index in [9.17, 15) is 9.59 Å². The molecule has 0 aliphatic carbocycles. The van der Waals surface area contributed by atoms with Gasteiger partial charge in [-0.25, -0.2) is 9.48 Å². The zero-order valence-corrected chi connectivity index (χ0v) is 24.7. The van der Waals surface area contributed by atoms with E-state index in [-0.39, 0.29) is 30.2 Å². The standard InChI is InChI=1S/C32H40N6O4/c1-4-6-7-12-29-28(32(40)38-25(18-13-22(3)37(29)38)20-41-21-30(39)42-5-2)19-23-14-16-24(17-15-23)26-10-8-9-11-27(26)31-33-35-36-34-31/h8-11,14-17,22,25H,4-7,12-13,18-21H2,1-3H3,(H,33,34,35,36). The lowest BCUT2D eigenvalue weighted by atomic mass is 9.96. The zero-order chi connectivity index (χ0) is 29.5. The van der Waals surface area contributed by atoms with E-state index in [0.29, 0.717) is 25.5 Å². The van der Waals surface area contributed by atoms with Gasteiger partial charge >= 0.3 is 5.97 Å². The average molecular weight is 573 g/mol. The van der Waals surface area contributed by atoms with Crippen LogP contribution in [0.4, 0.5) is 0 Å². The second kappa shape index (κ2) is 13.7. The fourth-order valence-electron chi connectivity index (χ4n) is 5.96. The minimum atomic E-state index is -0.381. The first kappa shape index (κ1) is 29.4. The maximum atomic E-state index is 14.1. The molecule has 2 unspecified atom stereocenters. The van der Waals surface area contributed by atoms with Crippen molar-refractivity contribution in [2.24, 2.45) is 0 Å². The van der Waals surface area contributed by atoms with Crippen molar-refractivity contribution < 1.29 is 14.3 Å². The van der Waals surface area contributed by atoms with Crippen molar-refractivity contribution >= 4 is 5.97 Å². The van der Waals surface area contributed by atoms with E-state index in [1.165, 1.54) is 0 Å². The topological polar surface area (TPSA) is 117 Å². The number of esters is 1.